The number of hydrogen-bond acceptors (Lipinski definition) is 5. The second-order valence-corrected chi connectivity index (χ2v) is 4.21. The minimum absolute atomic E-state index is 0.0465. The van der Waals surface area contributed by atoms with Crippen molar-refractivity contribution in [2.45, 2.75) is 13.8 Å². The highest BCUT2D eigenvalue weighted by atomic mass is 16.5. The van der Waals surface area contributed by atoms with Gasteiger partial charge in [-0.05, 0) is 32.1 Å². The number of carbonyl (C=O) groups is 1. The van der Waals surface area contributed by atoms with Gasteiger partial charge in [0.15, 0.2) is 5.82 Å². The van der Waals surface area contributed by atoms with Crippen molar-refractivity contribution in [2.24, 2.45) is 0 Å². The van der Waals surface area contributed by atoms with Crippen LogP contribution >= 0.6 is 0 Å². The summed E-state index contributed by atoms with van der Waals surface area (Å²) in [6.45, 7) is 4.57. The Labute approximate surface area is 122 Å². The number of anilines is 1. The summed E-state index contributed by atoms with van der Waals surface area (Å²) in [5, 5.41) is 16.7. The van der Waals surface area contributed by atoms with Crippen molar-refractivity contribution in [2.75, 3.05) is 18.5 Å². The van der Waals surface area contributed by atoms with E-state index < -0.39 is 5.97 Å². The molecule has 0 unspecified atom stereocenters. The van der Waals surface area contributed by atoms with Crippen molar-refractivity contribution in [1.82, 2.24) is 9.61 Å². The highest BCUT2D eigenvalue weighted by molar-refractivity contribution is 6.00. The molecule has 1 N–H and O–H groups in total. The molecule has 0 bridgehead atoms. The van der Waals surface area contributed by atoms with E-state index >= 15 is 0 Å². The summed E-state index contributed by atoms with van der Waals surface area (Å²) in [4.78, 5) is 11.7. The van der Waals surface area contributed by atoms with Gasteiger partial charge >= 0.3 is 5.97 Å². The van der Waals surface area contributed by atoms with Crippen molar-refractivity contribution >= 4 is 23.4 Å². The van der Waals surface area contributed by atoms with Gasteiger partial charge in [-0.15, -0.1) is 5.10 Å². The van der Waals surface area contributed by atoms with Gasteiger partial charge in [-0.3, -0.25) is 0 Å². The van der Waals surface area contributed by atoms with Gasteiger partial charge in [0.25, 0.3) is 0 Å². The fraction of sp³-hybridized carbons (Fsp3) is 0.267. The van der Waals surface area contributed by atoms with Crippen LogP contribution in [0.4, 0.5) is 5.82 Å². The van der Waals surface area contributed by atoms with Gasteiger partial charge < -0.3 is 10.1 Å². The molecule has 2 rings (SSSR count). The summed E-state index contributed by atoms with van der Waals surface area (Å²) in [5.74, 6) is -0.00141. The molecule has 0 fully saturated rings. The fourth-order valence-electron chi connectivity index (χ4n) is 1.95. The third kappa shape index (κ3) is 3.03. The molecular formula is C15H16N4O2. The van der Waals surface area contributed by atoms with Crippen LogP contribution < -0.4 is 5.32 Å². The summed E-state index contributed by atoms with van der Waals surface area (Å²) in [6, 6.07) is 7.49. The van der Waals surface area contributed by atoms with E-state index in [1.807, 2.05) is 37.4 Å². The monoisotopic (exact) mass is 284 g/mol. The largest absolute Gasteiger partial charge is 0.462 e. The van der Waals surface area contributed by atoms with Crippen LogP contribution in [-0.2, 0) is 9.53 Å². The van der Waals surface area contributed by atoms with Crippen molar-refractivity contribution in [1.29, 1.82) is 5.26 Å². The molecule has 6 heteroatoms. The topological polar surface area (TPSA) is 79.4 Å². The van der Waals surface area contributed by atoms with E-state index in [0.29, 0.717) is 17.9 Å². The zero-order valence-electron chi connectivity index (χ0n) is 12.0. The Morgan fingerprint density at radius 2 is 2.33 bits per heavy atom. The Kier molecular flexibility index (Phi) is 4.57. The van der Waals surface area contributed by atoms with E-state index in [2.05, 4.69) is 10.4 Å². The zero-order chi connectivity index (χ0) is 15.2. The van der Waals surface area contributed by atoms with Gasteiger partial charge in [0, 0.05) is 18.3 Å². The lowest BCUT2D eigenvalue weighted by Crippen LogP contribution is -2.06. The van der Waals surface area contributed by atoms with E-state index in [1.54, 1.807) is 11.4 Å². The Balaban J connectivity index is 2.55. The molecule has 0 spiro atoms. The number of pyridine rings is 1. The molecular weight excluding hydrogens is 268 g/mol. The van der Waals surface area contributed by atoms with Gasteiger partial charge in [-0.25, -0.2) is 9.31 Å². The second-order valence-electron chi connectivity index (χ2n) is 4.21. The maximum atomic E-state index is 11.7. The van der Waals surface area contributed by atoms with Crippen molar-refractivity contribution in [3.63, 3.8) is 0 Å². The predicted molar refractivity (Wildman–Crippen MR) is 79.6 cm³/mol. The van der Waals surface area contributed by atoms with Crippen molar-refractivity contribution < 1.29 is 9.53 Å². The average Bonchev–Trinajstić information content (AvgIpc) is 2.83. The Hall–Kier alpha value is -2.81. The minimum atomic E-state index is -0.627. The molecule has 0 saturated heterocycles. The minimum Gasteiger partial charge on any atom is -0.462 e. The van der Waals surface area contributed by atoms with Gasteiger partial charge in [0.05, 0.1) is 12.1 Å². The third-order valence-electron chi connectivity index (χ3n) is 2.83. The second kappa shape index (κ2) is 6.57. The van der Waals surface area contributed by atoms with E-state index in [-0.39, 0.29) is 12.2 Å². The first kappa shape index (κ1) is 14.6. The number of nitrogens with one attached hydrogen (secondary N) is 1. The standard InChI is InChI=1S/C15H16N4O2/c1-3-17-14-12(9-11(10-16)15(20)21-4-2)13-7-5-6-8-19(13)18-14/h5-9H,3-4H2,1-2H3,(H,17,18)/b11-9+. The molecule has 0 aliphatic rings. The molecule has 0 atom stereocenters. The zero-order valence-corrected chi connectivity index (χ0v) is 12.0. The number of hydrogen-bond donors (Lipinski definition) is 1. The summed E-state index contributed by atoms with van der Waals surface area (Å²) in [7, 11) is 0. The number of nitrogens with zero attached hydrogens (tertiary/aromatic N) is 3. The molecule has 2 heterocycles. The van der Waals surface area contributed by atoms with Crippen molar-refractivity contribution in [3.8, 4) is 6.07 Å². The lowest BCUT2D eigenvalue weighted by molar-refractivity contribution is -0.137. The molecule has 2 aromatic heterocycles. The quantitative estimate of drug-likeness (QED) is 0.517. The number of nitriles is 1. The highest BCUT2D eigenvalue weighted by Crippen LogP contribution is 2.23. The molecule has 21 heavy (non-hydrogen) atoms. The van der Waals surface area contributed by atoms with E-state index in [4.69, 9.17) is 10.00 Å². The van der Waals surface area contributed by atoms with Crippen LogP contribution in [-0.4, -0.2) is 28.7 Å². The first-order valence-electron chi connectivity index (χ1n) is 6.71. The van der Waals surface area contributed by atoms with Gasteiger partial charge in [-0.1, -0.05) is 6.07 Å². The van der Waals surface area contributed by atoms with E-state index in [1.165, 1.54) is 6.08 Å². The van der Waals surface area contributed by atoms with Crippen LogP contribution in [0.3, 0.4) is 0 Å². The first-order valence-corrected chi connectivity index (χ1v) is 6.71. The maximum absolute atomic E-state index is 11.7. The summed E-state index contributed by atoms with van der Waals surface area (Å²) in [5.41, 5.74) is 1.46. The number of rotatable bonds is 5. The molecule has 0 aliphatic heterocycles. The average molecular weight is 284 g/mol. The molecule has 2 aromatic rings. The SMILES string of the molecule is CCNc1nn2ccccc2c1/C=C(\C#N)C(=O)OCC. The van der Waals surface area contributed by atoms with Crippen LogP contribution in [0, 0.1) is 11.3 Å². The number of fused-ring (bicyclic) bond motifs is 1. The molecule has 0 saturated carbocycles. The molecule has 6 nitrogen and oxygen atoms in total. The number of carbonyl (C=O) groups excluding carboxylic acids is 1. The Morgan fingerprint density at radius 1 is 1.52 bits per heavy atom. The Morgan fingerprint density at radius 3 is 3.00 bits per heavy atom. The number of aromatic nitrogens is 2. The highest BCUT2D eigenvalue weighted by Gasteiger charge is 2.15. The summed E-state index contributed by atoms with van der Waals surface area (Å²) in [6.07, 6.45) is 3.32. The summed E-state index contributed by atoms with van der Waals surface area (Å²) < 4.78 is 6.58. The van der Waals surface area contributed by atoms with E-state index in [0.717, 1.165) is 5.52 Å². The molecule has 0 amide bonds. The van der Waals surface area contributed by atoms with Gasteiger partial charge in [0.1, 0.15) is 11.6 Å². The smallest absolute Gasteiger partial charge is 0.348 e. The molecule has 0 aromatic carbocycles. The number of esters is 1. The number of ether oxygens (including phenoxy) is 1. The predicted octanol–water partition coefficient (Wildman–Crippen LogP) is 2.24. The van der Waals surface area contributed by atoms with Gasteiger partial charge in [0.2, 0.25) is 0 Å². The normalized spacial score (nSPS) is 11.2. The van der Waals surface area contributed by atoms with Crippen molar-refractivity contribution in [3.05, 3.63) is 35.5 Å². The molecule has 0 radical (unpaired) electrons. The van der Waals surface area contributed by atoms with Crippen LogP contribution in [0.2, 0.25) is 0 Å². The fourth-order valence-corrected chi connectivity index (χ4v) is 1.95. The lowest BCUT2D eigenvalue weighted by atomic mass is 10.1. The maximum Gasteiger partial charge on any atom is 0.348 e. The van der Waals surface area contributed by atoms with Crippen LogP contribution in [0.15, 0.2) is 30.0 Å². The molecule has 108 valence electrons. The Bertz CT molecular complexity index is 725. The molecule has 0 aliphatic carbocycles. The summed E-state index contributed by atoms with van der Waals surface area (Å²) >= 11 is 0. The first-order chi connectivity index (χ1) is 10.2. The third-order valence-corrected chi connectivity index (χ3v) is 2.83. The van der Waals surface area contributed by atoms with Crippen LogP contribution in [0.5, 0.6) is 0 Å². The van der Waals surface area contributed by atoms with Crippen LogP contribution in [0.25, 0.3) is 11.6 Å². The van der Waals surface area contributed by atoms with E-state index in [9.17, 15) is 4.79 Å². The lowest BCUT2D eigenvalue weighted by Gasteiger charge is -2.01. The van der Waals surface area contributed by atoms with Gasteiger partial charge in [-0.2, -0.15) is 5.26 Å². The van der Waals surface area contributed by atoms with Crippen LogP contribution in [0.1, 0.15) is 19.4 Å².